The van der Waals surface area contributed by atoms with Gasteiger partial charge in [-0.2, -0.15) is 4.98 Å². The molecule has 190 valence electrons. The van der Waals surface area contributed by atoms with Crippen LogP contribution in [0.4, 0.5) is 5.95 Å². The molecular formula is C27H32N4O4S. The van der Waals surface area contributed by atoms with E-state index in [-0.39, 0.29) is 6.10 Å². The lowest BCUT2D eigenvalue weighted by Gasteiger charge is -2.29. The van der Waals surface area contributed by atoms with Crippen LogP contribution in [0.2, 0.25) is 0 Å². The Hall–Kier alpha value is -3.46. The zero-order chi connectivity index (χ0) is 25.7. The molecule has 0 aliphatic carbocycles. The highest BCUT2D eigenvalue weighted by atomic mass is 32.2. The predicted octanol–water partition coefficient (Wildman–Crippen LogP) is 5.61. The third-order valence-electron chi connectivity index (χ3n) is 5.57. The van der Waals surface area contributed by atoms with Gasteiger partial charge in [-0.05, 0) is 50.5 Å². The Morgan fingerprint density at radius 2 is 1.94 bits per heavy atom. The van der Waals surface area contributed by atoms with E-state index in [9.17, 15) is 4.79 Å². The van der Waals surface area contributed by atoms with Crippen molar-refractivity contribution in [2.75, 3.05) is 18.2 Å². The summed E-state index contributed by atoms with van der Waals surface area (Å²) in [7, 11) is 1.60. The monoisotopic (exact) mass is 508 g/mol. The number of carbonyl (C=O) groups excluding carboxylic acids is 1. The quantitative estimate of drug-likeness (QED) is 0.279. The number of thioether (sulfide) groups is 1. The van der Waals surface area contributed by atoms with Crippen LogP contribution in [0.1, 0.15) is 51.3 Å². The highest BCUT2D eigenvalue weighted by Gasteiger charge is 2.36. The van der Waals surface area contributed by atoms with Crippen LogP contribution in [0.5, 0.6) is 11.5 Å². The van der Waals surface area contributed by atoms with Gasteiger partial charge < -0.3 is 19.5 Å². The van der Waals surface area contributed by atoms with Crippen molar-refractivity contribution in [3.8, 4) is 11.5 Å². The Morgan fingerprint density at radius 3 is 2.64 bits per heavy atom. The average molecular weight is 509 g/mol. The number of fused-ring (bicyclic) bond motifs is 1. The maximum Gasteiger partial charge on any atom is 0.338 e. The Morgan fingerprint density at radius 1 is 1.17 bits per heavy atom. The number of hydrogen-bond donors (Lipinski definition) is 1. The van der Waals surface area contributed by atoms with Gasteiger partial charge >= 0.3 is 5.97 Å². The normalized spacial score (nSPS) is 14.9. The van der Waals surface area contributed by atoms with Gasteiger partial charge in [0.15, 0.2) is 11.5 Å². The van der Waals surface area contributed by atoms with Crippen molar-refractivity contribution in [2.45, 2.75) is 58.0 Å². The van der Waals surface area contributed by atoms with Crippen LogP contribution in [0.25, 0.3) is 0 Å². The number of benzene rings is 2. The smallest absolute Gasteiger partial charge is 0.338 e. The zero-order valence-corrected chi connectivity index (χ0v) is 22.1. The first kappa shape index (κ1) is 25.6. The van der Waals surface area contributed by atoms with E-state index in [1.165, 1.54) is 0 Å². The van der Waals surface area contributed by atoms with Gasteiger partial charge in [0.25, 0.3) is 0 Å². The van der Waals surface area contributed by atoms with Crippen LogP contribution >= 0.6 is 11.8 Å². The van der Waals surface area contributed by atoms with Crippen molar-refractivity contribution >= 4 is 23.7 Å². The number of aromatic nitrogens is 3. The Balaban J connectivity index is 1.72. The summed E-state index contributed by atoms with van der Waals surface area (Å²) in [5, 5.41) is 8.63. The fourth-order valence-electron chi connectivity index (χ4n) is 3.94. The number of nitrogens with one attached hydrogen (secondary N) is 1. The number of hydrogen-bond acceptors (Lipinski definition) is 8. The topological polar surface area (TPSA) is 87.5 Å². The number of carbonyl (C=O) groups is 1. The molecule has 0 spiro atoms. The van der Waals surface area contributed by atoms with Crippen LogP contribution in [-0.4, -0.2) is 39.7 Å². The summed E-state index contributed by atoms with van der Waals surface area (Å²) in [4.78, 5) is 17.9. The zero-order valence-electron chi connectivity index (χ0n) is 21.3. The molecule has 8 nitrogen and oxygen atoms in total. The number of anilines is 1. The van der Waals surface area contributed by atoms with Crippen LogP contribution < -0.4 is 14.8 Å². The minimum absolute atomic E-state index is 0.255. The van der Waals surface area contributed by atoms with Gasteiger partial charge in [-0.15, -0.1) is 5.10 Å². The molecule has 4 rings (SSSR count). The van der Waals surface area contributed by atoms with E-state index in [2.05, 4.69) is 17.2 Å². The molecule has 1 N–H and O–H groups in total. The van der Waals surface area contributed by atoms with Crippen molar-refractivity contribution in [3.05, 3.63) is 70.9 Å². The number of methoxy groups -OCH3 is 1. The molecular weight excluding hydrogens is 476 g/mol. The number of nitrogens with zero attached hydrogens (tertiary/aromatic N) is 3. The highest BCUT2D eigenvalue weighted by Crippen LogP contribution is 2.40. The summed E-state index contributed by atoms with van der Waals surface area (Å²) in [5.41, 5.74) is 3.03. The molecule has 2 heterocycles. The van der Waals surface area contributed by atoms with Gasteiger partial charge in [-0.1, -0.05) is 55.1 Å². The van der Waals surface area contributed by atoms with E-state index in [0.717, 1.165) is 23.3 Å². The summed E-state index contributed by atoms with van der Waals surface area (Å²) in [6.45, 7) is 8.06. The van der Waals surface area contributed by atoms with Gasteiger partial charge in [0, 0.05) is 11.4 Å². The van der Waals surface area contributed by atoms with E-state index >= 15 is 0 Å². The van der Waals surface area contributed by atoms with E-state index in [0.29, 0.717) is 40.5 Å². The molecule has 0 fully saturated rings. The molecule has 0 saturated heterocycles. The number of esters is 1. The van der Waals surface area contributed by atoms with Gasteiger partial charge in [-0.3, -0.25) is 0 Å². The molecule has 1 atom stereocenters. The fraction of sp³-hybridized carbons (Fsp3) is 0.370. The molecule has 0 radical (unpaired) electrons. The molecule has 1 aliphatic heterocycles. The standard InChI is InChI=1S/C27H32N4O4S/c1-6-14-36-27-29-26-28-18(4)23(25(32)35-17(2)3)24(31(26)30-27)20-12-13-21(22(15-20)33-5)34-16-19-10-8-7-9-11-19/h7-13,15,17,24H,6,14,16H2,1-5H3,(H,28,29,30). The van der Waals surface area contributed by atoms with Crippen LogP contribution in [0.15, 0.2) is 65.0 Å². The van der Waals surface area contributed by atoms with Gasteiger partial charge in [0.2, 0.25) is 11.1 Å². The third kappa shape index (κ3) is 5.67. The lowest BCUT2D eigenvalue weighted by atomic mass is 9.95. The van der Waals surface area contributed by atoms with Crippen molar-refractivity contribution in [2.24, 2.45) is 0 Å². The first-order chi connectivity index (χ1) is 17.4. The summed E-state index contributed by atoms with van der Waals surface area (Å²) >= 11 is 1.58. The van der Waals surface area contributed by atoms with Crippen molar-refractivity contribution in [1.82, 2.24) is 14.8 Å². The second-order valence-electron chi connectivity index (χ2n) is 8.72. The van der Waals surface area contributed by atoms with Crippen molar-refractivity contribution in [3.63, 3.8) is 0 Å². The predicted molar refractivity (Wildman–Crippen MR) is 140 cm³/mol. The van der Waals surface area contributed by atoms with Crippen LogP contribution in [0, 0.1) is 0 Å². The van der Waals surface area contributed by atoms with E-state index in [1.807, 2.05) is 69.3 Å². The number of rotatable bonds is 10. The molecule has 1 aliphatic rings. The van der Waals surface area contributed by atoms with Crippen LogP contribution in [0.3, 0.4) is 0 Å². The second kappa shape index (κ2) is 11.5. The SMILES string of the molecule is CCCSc1nc2n(n1)C(c1ccc(OCc3ccccc3)c(OC)c1)C(C(=O)OC(C)C)=C(C)N2. The summed E-state index contributed by atoms with van der Waals surface area (Å²) in [5.74, 6) is 2.28. The Kier molecular flexibility index (Phi) is 8.20. The minimum Gasteiger partial charge on any atom is -0.493 e. The number of allylic oxidation sites excluding steroid dienone is 1. The maximum absolute atomic E-state index is 13.2. The first-order valence-corrected chi connectivity index (χ1v) is 13.0. The molecule has 36 heavy (non-hydrogen) atoms. The largest absolute Gasteiger partial charge is 0.493 e. The Bertz CT molecular complexity index is 1240. The van der Waals surface area contributed by atoms with Gasteiger partial charge in [0.1, 0.15) is 12.6 Å². The molecule has 3 aromatic rings. The van der Waals surface area contributed by atoms with E-state index in [1.54, 1.807) is 23.6 Å². The molecule has 0 saturated carbocycles. The second-order valence-corrected chi connectivity index (χ2v) is 9.78. The van der Waals surface area contributed by atoms with E-state index in [4.69, 9.17) is 19.3 Å². The summed E-state index contributed by atoms with van der Waals surface area (Å²) in [6, 6.07) is 15.1. The average Bonchev–Trinajstić information content (AvgIpc) is 3.27. The molecule has 1 aromatic heterocycles. The van der Waals surface area contributed by atoms with E-state index < -0.39 is 12.0 Å². The highest BCUT2D eigenvalue weighted by molar-refractivity contribution is 7.99. The fourth-order valence-corrected chi connectivity index (χ4v) is 4.63. The molecule has 0 amide bonds. The first-order valence-electron chi connectivity index (χ1n) is 12.0. The van der Waals surface area contributed by atoms with Gasteiger partial charge in [0.05, 0.1) is 18.8 Å². The van der Waals surface area contributed by atoms with Crippen LogP contribution in [-0.2, 0) is 16.1 Å². The van der Waals surface area contributed by atoms with Crippen molar-refractivity contribution < 1.29 is 19.0 Å². The van der Waals surface area contributed by atoms with Crippen molar-refractivity contribution in [1.29, 1.82) is 0 Å². The third-order valence-corrected chi connectivity index (χ3v) is 6.62. The molecule has 1 unspecified atom stereocenters. The molecule has 9 heteroatoms. The number of ether oxygens (including phenoxy) is 3. The molecule has 0 bridgehead atoms. The lowest BCUT2D eigenvalue weighted by molar-refractivity contribution is -0.143. The minimum atomic E-state index is -0.534. The summed E-state index contributed by atoms with van der Waals surface area (Å²) < 4.78 is 19.1. The summed E-state index contributed by atoms with van der Waals surface area (Å²) in [6.07, 6.45) is 0.755. The molecule has 2 aromatic carbocycles. The maximum atomic E-state index is 13.2. The Labute approximate surface area is 216 Å². The lowest BCUT2D eigenvalue weighted by Crippen LogP contribution is -2.30. The van der Waals surface area contributed by atoms with Gasteiger partial charge in [-0.25, -0.2) is 9.48 Å².